The predicted octanol–water partition coefficient (Wildman–Crippen LogP) is 2.30. The van der Waals surface area contributed by atoms with E-state index in [0.717, 1.165) is 17.7 Å². The highest BCUT2D eigenvalue weighted by Gasteiger charge is 2.69. The van der Waals surface area contributed by atoms with Crippen molar-refractivity contribution in [1.82, 2.24) is 4.90 Å². The SMILES string of the molecule is CC[C@H](O)C[C@]12CCN(CC3CCC3)[C@](O)(Cc3ccc(O)c(OC)c31)[C@@]2(C)O. The first kappa shape index (κ1) is 20.9. The molecule has 4 atom stereocenters. The van der Waals surface area contributed by atoms with Gasteiger partial charge in [0.1, 0.15) is 5.60 Å². The molecule has 0 aromatic heterocycles. The van der Waals surface area contributed by atoms with E-state index in [1.807, 2.05) is 13.0 Å². The Labute approximate surface area is 173 Å². The van der Waals surface area contributed by atoms with Crippen LogP contribution in [0.3, 0.4) is 0 Å². The minimum atomic E-state index is -1.51. The number of aromatic hydroxyl groups is 1. The van der Waals surface area contributed by atoms with Crippen molar-refractivity contribution in [2.24, 2.45) is 5.92 Å². The zero-order valence-corrected chi connectivity index (χ0v) is 17.8. The van der Waals surface area contributed by atoms with E-state index >= 15 is 0 Å². The van der Waals surface area contributed by atoms with E-state index in [1.54, 1.807) is 13.0 Å². The fourth-order valence-corrected chi connectivity index (χ4v) is 6.03. The molecule has 0 spiro atoms. The van der Waals surface area contributed by atoms with E-state index in [-0.39, 0.29) is 12.2 Å². The summed E-state index contributed by atoms with van der Waals surface area (Å²) in [5.41, 5.74) is -2.23. The van der Waals surface area contributed by atoms with Gasteiger partial charge in [-0.15, -0.1) is 0 Å². The van der Waals surface area contributed by atoms with Crippen LogP contribution in [0.15, 0.2) is 12.1 Å². The van der Waals surface area contributed by atoms with Gasteiger partial charge >= 0.3 is 0 Å². The van der Waals surface area contributed by atoms with Crippen molar-refractivity contribution in [2.45, 2.75) is 81.6 Å². The van der Waals surface area contributed by atoms with E-state index in [9.17, 15) is 20.4 Å². The van der Waals surface area contributed by atoms with Gasteiger partial charge in [-0.25, -0.2) is 0 Å². The zero-order chi connectivity index (χ0) is 21.0. The van der Waals surface area contributed by atoms with Crippen molar-refractivity contribution < 1.29 is 25.2 Å². The number of ether oxygens (including phenoxy) is 1. The second-order valence-corrected chi connectivity index (χ2v) is 9.56. The average molecular weight is 406 g/mol. The lowest BCUT2D eigenvalue weighted by Gasteiger charge is -2.65. The van der Waals surface area contributed by atoms with E-state index in [1.165, 1.54) is 26.4 Å². The average Bonchev–Trinajstić information content (AvgIpc) is 2.64. The predicted molar refractivity (Wildman–Crippen MR) is 110 cm³/mol. The Morgan fingerprint density at radius 2 is 2.00 bits per heavy atom. The molecule has 0 unspecified atom stereocenters. The van der Waals surface area contributed by atoms with Crippen LogP contribution >= 0.6 is 0 Å². The first-order valence-corrected chi connectivity index (χ1v) is 11.0. The molecule has 2 fully saturated rings. The van der Waals surface area contributed by atoms with Crippen molar-refractivity contribution in [3.05, 3.63) is 23.3 Å². The van der Waals surface area contributed by atoms with E-state index < -0.39 is 22.8 Å². The van der Waals surface area contributed by atoms with Crippen molar-refractivity contribution in [3.8, 4) is 11.5 Å². The summed E-state index contributed by atoms with van der Waals surface area (Å²) in [4.78, 5) is 2.07. The third-order valence-corrected chi connectivity index (χ3v) is 8.14. The molecule has 6 heteroatoms. The molecule has 6 nitrogen and oxygen atoms in total. The molecular weight excluding hydrogens is 370 g/mol. The summed E-state index contributed by atoms with van der Waals surface area (Å²) >= 11 is 0. The molecule has 0 amide bonds. The van der Waals surface area contributed by atoms with E-state index in [4.69, 9.17) is 4.74 Å². The lowest BCUT2D eigenvalue weighted by molar-refractivity contribution is -0.290. The summed E-state index contributed by atoms with van der Waals surface area (Å²) in [5, 5.41) is 45.1. The summed E-state index contributed by atoms with van der Waals surface area (Å²) in [6.07, 6.45) is 4.67. The number of phenolic OH excluding ortho intramolecular Hbond substituents is 1. The first-order valence-electron chi connectivity index (χ1n) is 11.0. The van der Waals surface area contributed by atoms with E-state index in [0.29, 0.717) is 37.5 Å². The van der Waals surface area contributed by atoms with Gasteiger partial charge in [-0.2, -0.15) is 0 Å². The van der Waals surface area contributed by atoms with Gasteiger partial charge in [-0.3, -0.25) is 4.90 Å². The second-order valence-electron chi connectivity index (χ2n) is 9.56. The van der Waals surface area contributed by atoms with Gasteiger partial charge in [-0.1, -0.05) is 19.4 Å². The number of fused-ring (bicyclic) bond motifs is 4. The Morgan fingerprint density at radius 1 is 1.28 bits per heavy atom. The maximum absolute atomic E-state index is 12.0. The van der Waals surface area contributed by atoms with Crippen LogP contribution < -0.4 is 4.74 Å². The van der Waals surface area contributed by atoms with Crippen molar-refractivity contribution in [3.63, 3.8) is 0 Å². The van der Waals surface area contributed by atoms with Gasteiger partial charge in [0.25, 0.3) is 0 Å². The minimum Gasteiger partial charge on any atom is -0.504 e. The van der Waals surface area contributed by atoms with Crippen molar-refractivity contribution in [2.75, 3.05) is 20.2 Å². The minimum absolute atomic E-state index is 0.0229. The van der Waals surface area contributed by atoms with Gasteiger partial charge in [0.05, 0.1) is 13.2 Å². The number of piperidine rings is 1. The fraction of sp³-hybridized carbons (Fsp3) is 0.739. The van der Waals surface area contributed by atoms with Crippen LogP contribution in [0.5, 0.6) is 11.5 Å². The molecule has 1 saturated carbocycles. The smallest absolute Gasteiger partial charge is 0.164 e. The summed E-state index contributed by atoms with van der Waals surface area (Å²) < 4.78 is 5.58. The number of rotatable bonds is 6. The van der Waals surface area contributed by atoms with Crippen LogP contribution in [-0.4, -0.2) is 63.0 Å². The Bertz CT molecular complexity index is 777. The molecule has 0 radical (unpaired) electrons. The zero-order valence-electron chi connectivity index (χ0n) is 17.8. The third-order valence-electron chi connectivity index (χ3n) is 8.14. The topological polar surface area (TPSA) is 93.4 Å². The van der Waals surface area contributed by atoms with Gasteiger partial charge in [0, 0.05) is 30.5 Å². The van der Waals surface area contributed by atoms with Gasteiger partial charge in [-0.05, 0) is 56.6 Å². The molecule has 1 aromatic rings. The van der Waals surface area contributed by atoms with Crippen molar-refractivity contribution in [1.29, 1.82) is 0 Å². The van der Waals surface area contributed by atoms with Crippen molar-refractivity contribution >= 4 is 0 Å². The molecule has 1 aliphatic heterocycles. The standard InChI is InChI=1S/C23H35NO5/c1-4-17(25)13-22-10-11-24(14-15-6-5-7-15)23(28,21(22,2)27)12-16-8-9-18(26)20(29-3)19(16)22/h8-9,15,17,25-28H,4-7,10-14H2,1-3H3/t17-,21-,22+,23-/m0/s1. The largest absolute Gasteiger partial charge is 0.504 e. The highest BCUT2D eigenvalue weighted by Crippen LogP contribution is 2.61. The summed E-state index contributed by atoms with van der Waals surface area (Å²) in [5.74, 6) is 0.939. The number of hydrogen-bond donors (Lipinski definition) is 4. The fourth-order valence-electron chi connectivity index (χ4n) is 6.03. The Balaban J connectivity index is 1.88. The maximum Gasteiger partial charge on any atom is 0.164 e. The van der Waals surface area contributed by atoms with E-state index in [2.05, 4.69) is 4.90 Å². The number of aliphatic hydroxyl groups excluding tert-OH is 1. The van der Waals surface area contributed by atoms with Crippen LogP contribution in [0.1, 0.15) is 63.5 Å². The maximum atomic E-state index is 12.0. The quantitative estimate of drug-likeness (QED) is 0.580. The van der Waals surface area contributed by atoms with Crippen LogP contribution in [-0.2, 0) is 11.8 Å². The molecule has 2 bridgehead atoms. The first-order chi connectivity index (χ1) is 13.7. The second kappa shape index (κ2) is 7.12. The summed E-state index contributed by atoms with van der Waals surface area (Å²) in [6.45, 7) is 5.04. The lowest BCUT2D eigenvalue weighted by atomic mass is 9.51. The summed E-state index contributed by atoms with van der Waals surface area (Å²) in [7, 11) is 1.51. The number of hydrogen-bond acceptors (Lipinski definition) is 6. The van der Waals surface area contributed by atoms with Gasteiger partial charge < -0.3 is 25.2 Å². The van der Waals surface area contributed by atoms with Crippen LogP contribution in [0.25, 0.3) is 0 Å². The molecule has 162 valence electrons. The van der Waals surface area contributed by atoms with Crippen LogP contribution in [0, 0.1) is 5.92 Å². The van der Waals surface area contributed by atoms with Gasteiger partial charge in [0.2, 0.25) is 0 Å². The molecule has 3 aliphatic rings. The number of aliphatic hydroxyl groups is 3. The third kappa shape index (κ3) is 2.83. The highest BCUT2D eigenvalue weighted by atomic mass is 16.5. The lowest BCUT2D eigenvalue weighted by Crippen LogP contribution is -2.78. The monoisotopic (exact) mass is 405 g/mol. The molecule has 2 aliphatic carbocycles. The molecule has 1 aromatic carbocycles. The molecule has 4 rings (SSSR count). The highest BCUT2D eigenvalue weighted by molar-refractivity contribution is 5.58. The Hall–Kier alpha value is -1.34. The van der Waals surface area contributed by atoms with Crippen LogP contribution in [0.4, 0.5) is 0 Å². The molecule has 1 saturated heterocycles. The molecule has 4 N–H and O–H groups in total. The van der Waals surface area contributed by atoms with Gasteiger partial charge in [0.15, 0.2) is 17.2 Å². The molecule has 29 heavy (non-hydrogen) atoms. The Morgan fingerprint density at radius 3 is 2.59 bits per heavy atom. The normalized spacial score (nSPS) is 35.7. The molecular formula is C23H35NO5. The number of likely N-dealkylation sites (tertiary alicyclic amines) is 1. The number of phenols is 1. The van der Waals surface area contributed by atoms with Crippen LogP contribution in [0.2, 0.25) is 0 Å². The number of methoxy groups -OCH3 is 1. The number of nitrogens with zero attached hydrogens (tertiary/aromatic N) is 1. The Kier molecular flexibility index (Phi) is 5.13. The number of benzene rings is 1. The summed E-state index contributed by atoms with van der Waals surface area (Å²) in [6, 6.07) is 3.42. The molecule has 1 heterocycles.